The third-order valence-corrected chi connectivity index (χ3v) is 6.14. The molecule has 2 aromatic heterocycles. The summed E-state index contributed by atoms with van der Waals surface area (Å²) in [6, 6.07) is 1.83. The van der Waals surface area contributed by atoms with E-state index in [0.717, 1.165) is 56.0 Å². The van der Waals surface area contributed by atoms with Crippen molar-refractivity contribution in [2.75, 3.05) is 13.1 Å². The molecule has 1 fully saturated rings. The van der Waals surface area contributed by atoms with Crippen LogP contribution in [0.2, 0.25) is 0 Å². The molecule has 2 aliphatic rings. The molecule has 2 N–H and O–H groups in total. The maximum Gasteiger partial charge on any atom is 0.284 e. The van der Waals surface area contributed by atoms with Gasteiger partial charge in [0.15, 0.2) is 5.76 Å². The Bertz CT molecular complexity index is 908. The molecule has 1 spiro atoms. The summed E-state index contributed by atoms with van der Waals surface area (Å²) in [5.74, 6) is 1.45. The van der Waals surface area contributed by atoms with E-state index in [1.165, 1.54) is 17.7 Å². The number of aryl methyl sites for hydroxylation is 2. The lowest BCUT2D eigenvalue weighted by molar-refractivity contribution is 0.0970. The number of nitrogens with zero attached hydrogens (tertiary/aromatic N) is 3. The Hall–Kier alpha value is -2.21. The van der Waals surface area contributed by atoms with Gasteiger partial charge in [-0.15, -0.1) is 0 Å². The quantitative estimate of drug-likeness (QED) is 0.881. The number of nitrogens with two attached hydrogens (primary N) is 1. The van der Waals surface area contributed by atoms with Crippen molar-refractivity contribution in [1.82, 2.24) is 14.9 Å². The van der Waals surface area contributed by atoms with E-state index in [1.54, 1.807) is 0 Å². The summed E-state index contributed by atoms with van der Waals surface area (Å²) in [4.78, 5) is 23.4. The molecule has 1 atom stereocenters. The topological polar surface area (TPSA) is 85.3 Å². The van der Waals surface area contributed by atoms with Crippen LogP contribution < -0.4 is 5.73 Å². The summed E-state index contributed by atoms with van der Waals surface area (Å²) < 4.78 is 5.85. The van der Waals surface area contributed by atoms with E-state index in [4.69, 9.17) is 15.1 Å². The lowest BCUT2D eigenvalue weighted by Crippen LogP contribution is -2.45. The molecule has 150 valence electrons. The SMILES string of the molecule is Cc1ncc2c(n1)C1(CCCN(Cc3cc(C(N)=O)oc3C(C)(C)C)C1)CC2. The van der Waals surface area contributed by atoms with Gasteiger partial charge in [0.1, 0.15) is 11.6 Å². The molecule has 1 unspecified atom stereocenters. The first-order chi connectivity index (χ1) is 13.2. The smallest absolute Gasteiger partial charge is 0.284 e. The molecule has 28 heavy (non-hydrogen) atoms. The summed E-state index contributed by atoms with van der Waals surface area (Å²) in [5.41, 5.74) is 9.05. The van der Waals surface area contributed by atoms with E-state index < -0.39 is 5.91 Å². The number of piperidine rings is 1. The number of rotatable bonds is 3. The summed E-state index contributed by atoms with van der Waals surface area (Å²) in [7, 11) is 0. The van der Waals surface area contributed by atoms with E-state index in [0.29, 0.717) is 0 Å². The zero-order valence-electron chi connectivity index (χ0n) is 17.3. The fourth-order valence-electron chi connectivity index (χ4n) is 4.93. The summed E-state index contributed by atoms with van der Waals surface area (Å²) in [5, 5.41) is 0. The van der Waals surface area contributed by atoms with Crippen LogP contribution in [-0.2, 0) is 23.8 Å². The number of carbonyl (C=O) groups excluding carboxylic acids is 1. The van der Waals surface area contributed by atoms with Crippen LogP contribution in [0.3, 0.4) is 0 Å². The molecular weight excluding hydrogens is 352 g/mol. The van der Waals surface area contributed by atoms with Crippen LogP contribution in [0.1, 0.15) is 79.0 Å². The molecule has 0 saturated carbocycles. The van der Waals surface area contributed by atoms with E-state index in [-0.39, 0.29) is 16.6 Å². The second-order valence-electron chi connectivity index (χ2n) is 9.46. The van der Waals surface area contributed by atoms with Crippen molar-refractivity contribution in [1.29, 1.82) is 0 Å². The van der Waals surface area contributed by atoms with Crippen molar-refractivity contribution in [3.63, 3.8) is 0 Å². The Kier molecular flexibility index (Phi) is 4.57. The van der Waals surface area contributed by atoms with Gasteiger partial charge in [0.05, 0.1) is 5.69 Å². The minimum atomic E-state index is -0.510. The zero-order valence-corrected chi connectivity index (χ0v) is 17.3. The Morgan fingerprint density at radius 2 is 2.14 bits per heavy atom. The largest absolute Gasteiger partial charge is 0.455 e. The number of hydrogen-bond acceptors (Lipinski definition) is 5. The minimum Gasteiger partial charge on any atom is -0.455 e. The van der Waals surface area contributed by atoms with Gasteiger partial charge in [0, 0.05) is 35.7 Å². The highest BCUT2D eigenvalue weighted by Gasteiger charge is 2.43. The number of carbonyl (C=O) groups is 1. The van der Waals surface area contributed by atoms with Crippen molar-refractivity contribution < 1.29 is 9.21 Å². The van der Waals surface area contributed by atoms with Crippen LogP contribution in [0.5, 0.6) is 0 Å². The molecule has 6 heteroatoms. The van der Waals surface area contributed by atoms with E-state index in [1.807, 2.05) is 19.2 Å². The van der Waals surface area contributed by atoms with Gasteiger partial charge in [-0.3, -0.25) is 9.69 Å². The molecule has 1 saturated heterocycles. The first-order valence-electron chi connectivity index (χ1n) is 10.2. The summed E-state index contributed by atoms with van der Waals surface area (Å²) in [6.07, 6.45) is 6.54. The number of hydrogen-bond donors (Lipinski definition) is 1. The molecular formula is C22H30N4O2. The van der Waals surface area contributed by atoms with Gasteiger partial charge < -0.3 is 10.2 Å². The van der Waals surface area contributed by atoms with Gasteiger partial charge in [-0.2, -0.15) is 0 Å². The molecule has 0 bridgehead atoms. The Labute approximate surface area is 166 Å². The Morgan fingerprint density at radius 1 is 1.36 bits per heavy atom. The van der Waals surface area contributed by atoms with Crippen molar-refractivity contribution in [3.8, 4) is 0 Å². The highest BCUT2D eigenvalue weighted by molar-refractivity contribution is 5.90. The molecule has 1 amide bonds. The maximum absolute atomic E-state index is 11.7. The van der Waals surface area contributed by atoms with Crippen LogP contribution in [-0.4, -0.2) is 33.9 Å². The Morgan fingerprint density at radius 3 is 2.86 bits per heavy atom. The van der Waals surface area contributed by atoms with Gasteiger partial charge in [0.2, 0.25) is 0 Å². The summed E-state index contributed by atoms with van der Waals surface area (Å²) >= 11 is 0. The predicted molar refractivity (Wildman–Crippen MR) is 107 cm³/mol. The van der Waals surface area contributed by atoms with Gasteiger partial charge in [-0.1, -0.05) is 20.8 Å². The standard InChI is InChI=1S/C22H30N4O2/c1-14-24-11-15-6-8-22(18(15)25-14)7-5-9-26(13-22)12-16-10-17(20(23)27)28-19(16)21(2,3)4/h10-11H,5-9,12-13H2,1-4H3,(H2,23,27). The van der Waals surface area contributed by atoms with Crippen LogP contribution in [0.25, 0.3) is 0 Å². The third-order valence-electron chi connectivity index (χ3n) is 6.14. The van der Waals surface area contributed by atoms with Crippen molar-refractivity contribution in [2.24, 2.45) is 5.73 Å². The first-order valence-corrected chi connectivity index (χ1v) is 10.2. The lowest BCUT2D eigenvalue weighted by atomic mass is 9.77. The average Bonchev–Trinajstić information content (AvgIpc) is 3.18. The summed E-state index contributed by atoms with van der Waals surface area (Å²) in [6.45, 7) is 11.1. The van der Waals surface area contributed by atoms with Gasteiger partial charge in [-0.25, -0.2) is 9.97 Å². The Balaban J connectivity index is 1.61. The second kappa shape index (κ2) is 6.69. The number of amides is 1. The number of primary amides is 1. The predicted octanol–water partition coefficient (Wildman–Crippen LogP) is 3.25. The van der Waals surface area contributed by atoms with Crippen LogP contribution >= 0.6 is 0 Å². The van der Waals surface area contributed by atoms with Gasteiger partial charge in [-0.05, 0) is 50.8 Å². The third kappa shape index (κ3) is 3.34. The fourth-order valence-corrected chi connectivity index (χ4v) is 4.93. The number of likely N-dealkylation sites (tertiary alicyclic amines) is 1. The molecule has 4 rings (SSSR count). The zero-order chi connectivity index (χ0) is 20.1. The molecule has 3 heterocycles. The van der Waals surface area contributed by atoms with Gasteiger partial charge >= 0.3 is 0 Å². The molecule has 1 aliphatic carbocycles. The van der Waals surface area contributed by atoms with Gasteiger partial charge in [0.25, 0.3) is 5.91 Å². The molecule has 0 radical (unpaired) electrons. The van der Waals surface area contributed by atoms with Crippen molar-refractivity contribution in [3.05, 3.63) is 46.4 Å². The second-order valence-corrected chi connectivity index (χ2v) is 9.46. The van der Waals surface area contributed by atoms with Crippen molar-refractivity contribution in [2.45, 2.75) is 70.8 Å². The lowest BCUT2D eigenvalue weighted by Gasteiger charge is -2.40. The molecule has 2 aromatic rings. The number of aromatic nitrogens is 2. The number of fused-ring (bicyclic) bond motifs is 2. The molecule has 0 aromatic carbocycles. The van der Waals surface area contributed by atoms with Crippen LogP contribution in [0, 0.1) is 6.92 Å². The molecule has 6 nitrogen and oxygen atoms in total. The van der Waals surface area contributed by atoms with E-state index >= 15 is 0 Å². The van der Waals surface area contributed by atoms with E-state index in [2.05, 4.69) is 30.7 Å². The highest BCUT2D eigenvalue weighted by atomic mass is 16.4. The van der Waals surface area contributed by atoms with Crippen molar-refractivity contribution >= 4 is 5.91 Å². The highest BCUT2D eigenvalue weighted by Crippen LogP contribution is 2.44. The monoisotopic (exact) mass is 382 g/mol. The first kappa shape index (κ1) is 19.1. The van der Waals surface area contributed by atoms with E-state index in [9.17, 15) is 4.79 Å². The average molecular weight is 383 g/mol. The number of furan rings is 1. The van der Waals surface area contributed by atoms with Crippen LogP contribution in [0.4, 0.5) is 0 Å². The normalized spacial score (nSPS) is 22.6. The maximum atomic E-state index is 11.7. The molecule has 1 aliphatic heterocycles. The minimum absolute atomic E-state index is 0.124. The van der Waals surface area contributed by atoms with Crippen LogP contribution in [0.15, 0.2) is 16.7 Å². The fraction of sp³-hybridized carbons (Fsp3) is 0.591.